The molecule has 0 aliphatic carbocycles. The van der Waals surface area contributed by atoms with Crippen molar-refractivity contribution in [2.75, 3.05) is 11.9 Å². The number of aromatic nitrogens is 2. The van der Waals surface area contributed by atoms with Crippen molar-refractivity contribution in [1.29, 1.82) is 0 Å². The number of anilines is 1. The SMILES string of the molecule is C=C(C)c1cnc(NCc2c(F)ccc3c2CCO3)n(C)c1=O. The molecule has 0 atom stereocenters. The molecule has 1 aromatic carbocycles. The van der Waals surface area contributed by atoms with E-state index in [0.717, 1.165) is 11.3 Å². The summed E-state index contributed by atoms with van der Waals surface area (Å²) in [6.45, 7) is 6.33. The Morgan fingerprint density at radius 1 is 1.52 bits per heavy atom. The Morgan fingerprint density at radius 2 is 2.30 bits per heavy atom. The first-order valence-electron chi connectivity index (χ1n) is 7.38. The van der Waals surface area contributed by atoms with E-state index in [1.54, 1.807) is 20.0 Å². The molecule has 23 heavy (non-hydrogen) atoms. The fraction of sp³-hybridized carbons (Fsp3) is 0.294. The lowest BCUT2D eigenvalue weighted by molar-refractivity contribution is 0.356. The van der Waals surface area contributed by atoms with Crippen LogP contribution in [0.2, 0.25) is 0 Å². The summed E-state index contributed by atoms with van der Waals surface area (Å²) in [5.41, 5.74) is 2.38. The van der Waals surface area contributed by atoms with E-state index in [1.807, 2.05) is 0 Å². The van der Waals surface area contributed by atoms with Crippen LogP contribution in [0.3, 0.4) is 0 Å². The zero-order valence-corrected chi connectivity index (χ0v) is 13.1. The molecule has 1 aromatic heterocycles. The van der Waals surface area contributed by atoms with Crippen LogP contribution in [0.15, 0.2) is 29.7 Å². The molecule has 2 heterocycles. The molecule has 0 unspecified atom stereocenters. The topological polar surface area (TPSA) is 56.2 Å². The molecule has 120 valence electrons. The van der Waals surface area contributed by atoms with Gasteiger partial charge in [-0.15, -0.1) is 0 Å². The second-order valence-corrected chi connectivity index (χ2v) is 5.59. The van der Waals surface area contributed by atoms with Gasteiger partial charge >= 0.3 is 0 Å². The van der Waals surface area contributed by atoms with Crippen LogP contribution in [-0.4, -0.2) is 16.2 Å². The van der Waals surface area contributed by atoms with E-state index >= 15 is 0 Å². The smallest absolute Gasteiger partial charge is 0.262 e. The Labute approximate surface area is 133 Å². The van der Waals surface area contributed by atoms with Crippen molar-refractivity contribution in [3.05, 3.63) is 57.8 Å². The minimum atomic E-state index is -0.287. The largest absolute Gasteiger partial charge is 0.493 e. The third kappa shape index (κ3) is 2.72. The standard InChI is InChI=1S/C17H18FN3O2/c1-10(2)12-8-19-17(21(3)16(12)22)20-9-13-11-6-7-23-15(11)5-4-14(13)18/h4-5,8H,1,6-7,9H2,2-3H3,(H,19,20). The van der Waals surface area contributed by atoms with Gasteiger partial charge in [0, 0.05) is 37.3 Å². The van der Waals surface area contributed by atoms with Crippen LogP contribution in [0, 0.1) is 5.82 Å². The van der Waals surface area contributed by atoms with Crippen molar-refractivity contribution in [2.24, 2.45) is 7.05 Å². The van der Waals surface area contributed by atoms with Crippen LogP contribution in [0.1, 0.15) is 23.6 Å². The first-order valence-corrected chi connectivity index (χ1v) is 7.38. The van der Waals surface area contributed by atoms with Crippen LogP contribution in [0.5, 0.6) is 5.75 Å². The fourth-order valence-electron chi connectivity index (χ4n) is 2.68. The fourth-order valence-corrected chi connectivity index (χ4v) is 2.68. The predicted molar refractivity (Wildman–Crippen MR) is 87.1 cm³/mol. The molecular formula is C17H18FN3O2. The van der Waals surface area contributed by atoms with Crippen LogP contribution in [-0.2, 0) is 20.0 Å². The summed E-state index contributed by atoms with van der Waals surface area (Å²) in [6.07, 6.45) is 2.17. The summed E-state index contributed by atoms with van der Waals surface area (Å²) in [7, 11) is 1.62. The van der Waals surface area contributed by atoms with E-state index < -0.39 is 0 Å². The minimum Gasteiger partial charge on any atom is -0.493 e. The molecule has 3 rings (SSSR count). The molecule has 0 amide bonds. The zero-order valence-electron chi connectivity index (χ0n) is 13.1. The second-order valence-electron chi connectivity index (χ2n) is 5.59. The summed E-state index contributed by atoms with van der Waals surface area (Å²) in [5.74, 6) is 0.823. The number of nitrogens with zero attached hydrogens (tertiary/aromatic N) is 2. The van der Waals surface area contributed by atoms with Gasteiger partial charge in [-0.2, -0.15) is 0 Å². The lowest BCUT2D eigenvalue weighted by atomic mass is 10.0. The Morgan fingerprint density at radius 3 is 3.04 bits per heavy atom. The maximum atomic E-state index is 14.1. The highest BCUT2D eigenvalue weighted by atomic mass is 19.1. The van der Waals surface area contributed by atoms with Gasteiger partial charge < -0.3 is 10.1 Å². The second kappa shape index (κ2) is 5.87. The van der Waals surface area contributed by atoms with Gasteiger partial charge in [0.05, 0.1) is 12.2 Å². The zero-order chi connectivity index (χ0) is 16.6. The lowest BCUT2D eigenvalue weighted by Gasteiger charge is -2.13. The predicted octanol–water partition coefficient (Wildman–Crippen LogP) is 2.50. The van der Waals surface area contributed by atoms with Crippen LogP contribution < -0.4 is 15.6 Å². The van der Waals surface area contributed by atoms with E-state index in [-0.39, 0.29) is 17.9 Å². The maximum Gasteiger partial charge on any atom is 0.262 e. The molecule has 1 aliphatic heterocycles. The number of allylic oxidation sites excluding steroid dienone is 1. The number of hydrogen-bond donors (Lipinski definition) is 1. The van der Waals surface area contributed by atoms with Crippen molar-refractivity contribution >= 4 is 11.5 Å². The molecule has 0 saturated heterocycles. The molecule has 0 radical (unpaired) electrons. The number of rotatable bonds is 4. The Balaban J connectivity index is 1.88. The number of fused-ring (bicyclic) bond motifs is 1. The number of benzene rings is 1. The number of hydrogen-bond acceptors (Lipinski definition) is 4. The minimum absolute atomic E-state index is 0.183. The van der Waals surface area contributed by atoms with Gasteiger partial charge in [0.15, 0.2) is 0 Å². The molecule has 0 fully saturated rings. The van der Waals surface area contributed by atoms with Crippen molar-refractivity contribution < 1.29 is 9.13 Å². The third-order valence-electron chi connectivity index (χ3n) is 3.99. The maximum absolute atomic E-state index is 14.1. The summed E-state index contributed by atoms with van der Waals surface area (Å²) in [4.78, 5) is 16.5. The van der Waals surface area contributed by atoms with Gasteiger partial charge in [-0.25, -0.2) is 9.37 Å². The van der Waals surface area contributed by atoms with Crippen LogP contribution >= 0.6 is 0 Å². The third-order valence-corrected chi connectivity index (χ3v) is 3.99. The molecule has 2 aromatic rings. The van der Waals surface area contributed by atoms with Crippen molar-refractivity contribution in [2.45, 2.75) is 19.9 Å². The highest BCUT2D eigenvalue weighted by molar-refractivity contribution is 5.60. The van der Waals surface area contributed by atoms with Crippen molar-refractivity contribution in [1.82, 2.24) is 9.55 Å². The molecule has 1 N–H and O–H groups in total. The number of nitrogens with one attached hydrogen (secondary N) is 1. The van der Waals surface area contributed by atoms with Crippen LogP contribution in [0.4, 0.5) is 10.3 Å². The molecular weight excluding hydrogens is 297 g/mol. The quantitative estimate of drug-likeness (QED) is 0.942. The van der Waals surface area contributed by atoms with E-state index in [0.29, 0.717) is 35.7 Å². The summed E-state index contributed by atoms with van der Waals surface area (Å²) in [5, 5.41) is 3.03. The number of halogens is 1. The van der Waals surface area contributed by atoms with Crippen molar-refractivity contribution in [3.8, 4) is 5.75 Å². The van der Waals surface area contributed by atoms with E-state index in [9.17, 15) is 9.18 Å². The average Bonchev–Trinajstić information content (AvgIpc) is 2.98. The molecule has 0 bridgehead atoms. The van der Waals surface area contributed by atoms with E-state index in [2.05, 4.69) is 16.9 Å². The molecule has 1 aliphatic rings. The highest BCUT2D eigenvalue weighted by Crippen LogP contribution is 2.30. The van der Waals surface area contributed by atoms with Gasteiger partial charge in [-0.3, -0.25) is 9.36 Å². The molecule has 5 nitrogen and oxygen atoms in total. The summed E-state index contributed by atoms with van der Waals surface area (Å²) in [6, 6.07) is 3.05. The average molecular weight is 315 g/mol. The van der Waals surface area contributed by atoms with Gasteiger partial charge in [0.1, 0.15) is 11.6 Å². The monoisotopic (exact) mass is 315 g/mol. The lowest BCUT2D eigenvalue weighted by Crippen LogP contribution is -2.24. The first kappa shape index (κ1) is 15.3. The van der Waals surface area contributed by atoms with Crippen molar-refractivity contribution in [3.63, 3.8) is 0 Å². The van der Waals surface area contributed by atoms with Gasteiger partial charge in [-0.05, 0) is 24.6 Å². The molecule has 0 saturated carbocycles. The van der Waals surface area contributed by atoms with Gasteiger partial charge in [0.2, 0.25) is 5.95 Å². The summed E-state index contributed by atoms with van der Waals surface area (Å²) < 4.78 is 21.0. The summed E-state index contributed by atoms with van der Waals surface area (Å²) >= 11 is 0. The highest BCUT2D eigenvalue weighted by Gasteiger charge is 2.19. The van der Waals surface area contributed by atoms with E-state index in [1.165, 1.54) is 16.8 Å². The Kier molecular flexibility index (Phi) is 3.90. The van der Waals surface area contributed by atoms with Gasteiger partial charge in [-0.1, -0.05) is 6.58 Å². The van der Waals surface area contributed by atoms with E-state index in [4.69, 9.17) is 4.74 Å². The Bertz CT molecular complexity index is 842. The molecule has 0 spiro atoms. The Hall–Kier alpha value is -2.63. The normalized spacial score (nSPS) is 12.7. The first-order chi connectivity index (χ1) is 11.0. The molecule has 6 heteroatoms. The van der Waals surface area contributed by atoms with Crippen LogP contribution in [0.25, 0.3) is 5.57 Å². The number of ether oxygens (including phenoxy) is 1. The van der Waals surface area contributed by atoms with Gasteiger partial charge in [0.25, 0.3) is 5.56 Å².